The summed E-state index contributed by atoms with van der Waals surface area (Å²) in [4.78, 5) is 16.1. The molecule has 0 aliphatic carbocycles. The Labute approximate surface area is 149 Å². The van der Waals surface area contributed by atoms with Crippen molar-refractivity contribution >= 4 is 34.1 Å². The van der Waals surface area contributed by atoms with Gasteiger partial charge in [-0.05, 0) is 54.7 Å². The van der Waals surface area contributed by atoms with Crippen LogP contribution in [0.5, 0.6) is 0 Å². The second-order valence-electron chi connectivity index (χ2n) is 5.50. The summed E-state index contributed by atoms with van der Waals surface area (Å²) in [6, 6.07) is 13.7. The van der Waals surface area contributed by atoms with Crippen molar-refractivity contribution in [1.82, 2.24) is 25.3 Å². The highest BCUT2D eigenvalue weighted by Crippen LogP contribution is 2.29. The molecule has 0 bridgehead atoms. The smallest absolute Gasteiger partial charge is 0.170 e. The van der Waals surface area contributed by atoms with E-state index in [1.165, 1.54) is 0 Å². The Morgan fingerprint density at radius 1 is 0.920 bits per heavy atom. The molecule has 0 aliphatic rings. The van der Waals surface area contributed by atoms with Gasteiger partial charge in [-0.3, -0.25) is 0 Å². The van der Waals surface area contributed by atoms with Gasteiger partial charge in [0, 0.05) is 25.1 Å². The van der Waals surface area contributed by atoms with Crippen LogP contribution in [-0.4, -0.2) is 32.1 Å². The fourth-order valence-electron chi connectivity index (χ4n) is 2.66. The lowest BCUT2D eigenvalue weighted by molar-refractivity contribution is 1.20. The monoisotopic (exact) mass is 348 g/mol. The Hall–Kier alpha value is -3.19. The maximum atomic E-state index is 5.16. The fourth-order valence-corrected chi connectivity index (χ4v) is 2.77. The van der Waals surface area contributed by atoms with Crippen LogP contribution in [0.2, 0.25) is 0 Å². The maximum Gasteiger partial charge on any atom is 0.170 e. The van der Waals surface area contributed by atoms with Crippen molar-refractivity contribution in [3.05, 3.63) is 54.9 Å². The number of anilines is 1. The Morgan fingerprint density at radius 3 is 2.12 bits per heavy atom. The van der Waals surface area contributed by atoms with Crippen molar-refractivity contribution in [2.75, 3.05) is 12.4 Å². The number of benzene rings is 1. The number of nitrogens with zero attached hydrogens (tertiary/aromatic N) is 2. The van der Waals surface area contributed by atoms with Crippen molar-refractivity contribution in [3.8, 4) is 22.8 Å². The third-order valence-electron chi connectivity index (χ3n) is 3.86. The van der Waals surface area contributed by atoms with Gasteiger partial charge in [-0.2, -0.15) is 0 Å². The molecule has 7 heteroatoms. The molecule has 0 spiro atoms. The lowest BCUT2D eigenvalue weighted by Crippen LogP contribution is -2.24. The summed E-state index contributed by atoms with van der Waals surface area (Å²) in [5.74, 6) is 0. The molecule has 6 nitrogen and oxygen atoms in total. The zero-order valence-electron chi connectivity index (χ0n) is 13.5. The molecule has 4 rings (SSSR count). The average Bonchev–Trinajstić information content (AvgIpc) is 3.34. The fraction of sp³-hybridized carbons (Fsp3) is 0.0556. The van der Waals surface area contributed by atoms with Gasteiger partial charge in [-0.1, -0.05) is 0 Å². The van der Waals surface area contributed by atoms with E-state index in [1.807, 2.05) is 54.9 Å². The standard InChI is InChI=1S/C18H16N6S/c1-19-18(25)22-11-6-7-12-15(10-11)24-17(14-5-3-9-21-14)16(23-12)13-4-2-8-20-13/h2-10,20-21H,1H3,(H2,19,22,25). The van der Waals surface area contributed by atoms with E-state index in [0.29, 0.717) is 5.11 Å². The van der Waals surface area contributed by atoms with Crippen LogP contribution in [0.15, 0.2) is 54.9 Å². The topological polar surface area (TPSA) is 81.4 Å². The highest BCUT2D eigenvalue weighted by atomic mass is 32.1. The number of fused-ring (bicyclic) bond motifs is 1. The summed E-state index contributed by atoms with van der Waals surface area (Å²) < 4.78 is 0. The van der Waals surface area contributed by atoms with Gasteiger partial charge in [0.1, 0.15) is 11.4 Å². The number of hydrogen-bond acceptors (Lipinski definition) is 3. The molecule has 3 aromatic heterocycles. The molecule has 0 atom stereocenters. The summed E-state index contributed by atoms with van der Waals surface area (Å²) in [5, 5.41) is 6.57. The van der Waals surface area contributed by atoms with Gasteiger partial charge < -0.3 is 20.6 Å². The van der Waals surface area contributed by atoms with E-state index < -0.39 is 0 Å². The molecule has 0 unspecified atom stereocenters. The maximum absolute atomic E-state index is 5.16. The molecule has 4 N–H and O–H groups in total. The van der Waals surface area contributed by atoms with Crippen LogP contribution < -0.4 is 10.6 Å². The van der Waals surface area contributed by atoms with E-state index in [1.54, 1.807) is 7.05 Å². The third-order valence-corrected chi connectivity index (χ3v) is 4.16. The molecule has 124 valence electrons. The number of H-pyrrole nitrogens is 2. The van der Waals surface area contributed by atoms with Crippen molar-refractivity contribution in [3.63, 3.8) is 0 Å². The van der Waals surface area contributed by atoms with Crippen LogP contribution in [-0.2, 0) is 0 Å². The zero-order valence-corrected chi connectivity index (χ0v) is 14.3. The van der Waals surface area contributed by atoms with Gasteiger partial charge in [0.2, 0.25) is 0 Å². The van der Waals surface area contributed by atoms with Crippen LogP contribution in [0.4, 0.5) is 5.69 Å². The second kappa shape index (κ2) is 6.37. The van der Waals surface area contributed by atoms with Crippen LogP contribution in [0, 0.1) is 0 Å². The van der Waals surface area contributed by atoms with Crippen molar-refractivity contribution in [2.24, 2.45) is 0 Å². The number of thiocarbonyl (C=S) groups is 1. The first-order valence-electron chi connectivity index (χ1n) is 7.82. The average molecular weight is 348 g/mol. The Balaban J connectivity index is 1.89. The second-order valence-corrected chi connectivity index (χ2v) is 5.90. The lowest BCUT2D eigenvalue weighted by atomic mass is 10.1. The van der Waals surface area contributed by atoms with Crippen molar-refractivity contribution in [2.45, 2.75) is 0 Å². The van der Waals surface area contributed by atoms with E-state index in [-0.39, 0.29) is 0 Å². The number of nitrogens with one attached hydrogen (secondary N) is 4. The first-order valence-corrected chi connectivity index (χ1v) is 8.23. The van der Waals surface area contributed by atoms with E-state index in [4.69, 9.17) is 22.2 Å². The lowest BCUT2D eigenvalue weighted by Gasteiger charge is -2.10. The minimum Gasteiger partial charge on any atom is -0.366 e. The molecule has 0 fully saturated rings. The molecule has 0 saturated heterocycles. The third kappa shape index (κ3) is 2.97. The molecule has 4 aromatic rings. The van der Waals surface area contributed by atoms with E-state index in [0.717, 1.165) is 39.5 Å². The van der Waals surface area contributed by atoms with Crippen LogP contribution in [0.25, 0.3) is 33.8 Å². The van der Waals surface area contributed by atoms with Gasteiger partial charge in [0.05, 0.1) is 22.4 Å². The molecule has 0 saturated carbocycles. The Kier molecular flexibility index (Phi) is 3.91. The van der Waals surface area contributed by atoms with Crippen molar-refractivity contribution in [1.29, 1.82) is 0 Å². The summed E-state index contributed by atoms with van der Waals surface area (Å²) in [5.41, 5.74) is 5.94. The van der Waals surface area contributed by atoms with E-state index in [2.05, 4.69) is 20.6 Å². The highest BCUT2D eigenvalue weighted by Gasteiger charge is 2.14. The van der Waals surface area contributed by atoms with E-state index in [9.17, 15) is 0 Å². The molecule has 0 amide bonds. The number of rotatable bonds is 3. The van der Waals surface area contributed by atoms with Gasteiger partial charge in [0.25, 0.3) is 0 Å². The first kappa shape index (κ1) is 15.3. The van der Waals surface area contributed by atoms with Crippen molar-refractivity contribution < 1.29 is 0 Å². The Morgan fingerprint density at radius 2 is 1.56 bits per heavy atom. The molecule has 3 heterocycles. The predicted octanol–water partition coefficient (Wildman–Crippen LogP) is 3.54. The van der Waals surface area contributed by atoms with Gasteiger partial charge >= 0.3 is 0 Å². The number of aromatic nitrogens is 4. The molecule has 0 aliphatic heterocycles. The predicted molar refractivity (Wildman–Crippen MR) is 104 cm³/mol. The molecule has 1 aromatic carbocycles. The molecular formula is C18H16N6S. The minimum atomic E-state index is 0.555. The normalized spacial score (nSPS) is 10.8. The number of hydrogen-bond donors (Lipinski definition) is 4. The van der Waals surface area contributed by atoms with Gasteiger partial charge in [-0.15, -0.1) is 0 Å². The summed E-state index contributed by atoms with van der Waals surface area (Å²) in [6.45, 7) is 0. The van der Waals surface area contributed by atoms with Gasteiger partial charge in [0.15, 0.2) is 5.11 Å². The summed E-state index contributed by atoms with van der Waals surface area (Å²) in [7, 11) is 1.78. The molecular weight excluding hydrogens is 332 g/mol. The minimum absolute atomic E-state index is 0.555. The summed E-state index contributed by atoms with van der Waals surface area (Å²) in [6.07, 6.45) is 3.76. The SMILES string of the molecule is CNC(=S)Nc1ccc2nc(-c3ccc[nH]3)c(-c3ccc[nH]3)nc2c1. The van der Waals surface area contributed by atoms with Gasteiger partial charge in [-0.25, -0.2) is 9.97 Å². The highest BCUT2D eigenvalue weighted by molar-refractivity contribution is 7.80. The Bertz CT molecular complexity index is 1020. The molecule has 0 radical (unpaired) electrons. The largest absolute Gasteiger partial charge is 0.366 e. The number of aromatic amines is 2. The van der Waals surface area contributed by atoms with Crippen LogP contribution >= 0.6 is 12.2 Å². The first-order chi connectivity index (χ1) is 12.2. The van der Waals surface area contributed by atoms with Crippen LogP contribution in [0.1, 0.15) is 0 Å². The summed E-state index contributed by atoms with van der Waals surface area (Å²) >= 11 is 5.16. The molecule has 25 heavy (non-hydrogen) atoms. The quantitative estimate of drug-likeness (QED) is 0.426. The zero-order chi connectivity index (χ0) is 17.2. The van der Waals surface area contributed by atoms with E-state index >= 15 is 0 Å². The van der Waals surface area contributed by atoms with Crippen LogP contribution in [0.3, 0.4) is 0 Å².